The highest BCUT2D eigenvalue weighted by Crippen LogP contribution is 2.19. The Balaban J connectivity index is 3.04. The Labute approximate surface area is 145 Å². The van der Waals surface area contributed by atoms with Crippen molar-refractivity contribution in [3.63, 3.8) is 0 Å². The molecular weight excluding hydrogens is 312 g/mol. The SMILES string of the molecule is Cc1cc(Cl)nc(N(CCN(C(C)C)C(C)C)C(=O)N(C)C)c1. The number of rotatable bonds is 6. The average molecular weight is 341 g/mol. The van der Waals surface area contributed by atoms with Gasteiger partial charge in [0.25, 0.3) is 0 Å². The summed E-state index contributed by atoms with van der Waals surface area (Å²) in [6.45, 7) is 12.0. The number of hydrogen-bond acceptors (Lipinski definition) is 3. The third-order valence-corrected chi connectivity index (χ3v) is 3.92. The van der Waals surface area contributed by atoms with Crippen molar-refractivity contribution in [3.05, 3.63) is 22.8 Å². The maximum absolute atomic E-state index is 12.6. The van der Waals surface area contributed by atoms with Gasteiger partial charge in [-0.2, -0.15) is 0 Å². The standard InChI is InChI=1S/C17H29ClN4O/c1-12(2)21(13(3)4)8-9-22(17(23)20(6)7)16-11-14(5)10-15(18)19-16/h10-13H,8-9H2,1-7H3. The van der Waals surface area contributed by atoms with Crippen LogP contribution in [0.15, 0.2) is 12.1 Å². The van der Waals surface area contributed by atoms with E-state index in [0.29, 0.717) is 29.6 Å². The molecule has 0 fully saturated rings. The molecule has 6 heteroatoms. The zero-order valence-electron chi connectivity index (χ0n) is 15.3. The number of anilines is 1. The molecule has 1 aromatic rings. The average Bonchev–Trinajstić information content (AvgIpc) is 2.40. The molecule has 2 amide bonds. The van der Waals surface area contributed by atoms with Gasteiger partial charge in [-0.25, -0.2) is 9.78 Å². The number of carbonyl (C=O) groups is 1. The van der Waals surface area contributed by atoms with Gasteiger partial charge in [0.2, 0.25) is 0 Å². The second-order valence-corrected chi connectivity index (χ2v) is 6.97. The van der Waals surface area contributed by atoms with Crippen LogP contribution in [0.3, 0.4) is 0 Å². The summed E-state index contributed by atoms with van der Waals surface area (Å²) in [5, 5.41) is 0.404. The van der Waals surface area contributed by atoms with Crippen molar-refractivity contribution >= 4 is 23.4 Å². The lowest BCUT2D eigenvalue weighted by atomic mass is 10.2. The first-order valence-electron chi connectivity index (χ1n) is 8.02. The molecule has 0 aliphatic heterocycles. The third-order valence-electron chi connectivity index (χ3n) is 3.72. The number of carbonyl (C=O) groups excluding carboxylic acids is 1. The quantitative estimate of drug-likeness (QED) is 0.742. The summed E-state index contributed by atoms with van der Waals surface area (Å²) in [4.78, 5) is 22.5. The summed E-state index contributed by atoms with van der Waals surface area (Å²) in [7, 11) is 3.49. The van der Waals surface area contributed by atoms with E-state index < -0.39 is 0 Å². The fourth-order valence-electron chi connectivity index (χ4n) is 2.62. The first-order valence-corrected chi connectivity index (χ1v) is 8.40. The van der Waals surface area contributed by atoms with E-state index in [1.165, 1.54) is 0 Å². The molecule has 0 N–H and O–H groups in total. The predicted octanol–water partition coefficient (Wildman–Crippen LogP) is 3.65. The second-order valence-electron chi connectivity index (χ2n) is 6.58. The molecule has 0 aliphatic carbocycles. The zero-order valence-corrected chi connectivity index (χ0v) is 16.1. The van der Waals surface area contributed by atoms with Crippen LogP contribution in [0.2, 0.25) is 5.15 Å². The van der Waals surface area contributed by atoms with Gasteiger partial charge in [0.1, 0.15) is 11.0 Å². The van der Waals surface area contributed by atoms with Crippen LogP contribution in [0.4, 0.5) is 10.6 Å². The molecular formula is C17H29ClN4O. The number of amides is 2. The summed E-state index contributed by atoms with van der Waals surface area (Å²) in [6.07, 6.45) is 0. The Hall–Kier alpha value is -1.33. The van der Waals surface area contributed by atoms with Gasteiger partial charge in [0, 0.05) is 39.3 Å². The molecule has 1 aromatic heterocycles. The summed E-state index contributed by atoms with van der Waals surface area (Å²) in [6, 6.07) is 4.42. The van der Waals surface area contributed by atoms with Crippen molar-refractivity contribution in [2.24, 2.45) is 0 Å². The van der Waals surface area contributed by atoms with Crippen molar-refractivity contribution < 1.29 is 4.79 Å². The molecule has 0 unspecified atom stereocenters. The molecule has 5 nitrogen and oxygen atoms in total. The van der Waals surface area contributed by atoms with E-state index in [9.17, 15) is 4.79 Å². The first kappa shape index (κ1) is 19.7. The van der Waals surface area contributed by atoms with Gasteiger partial charge >= 0.3 is 6.03 Å². The van der Waals surface area contributed by atoms with Crippen LogP contribution in [-0.2, 0) is 0 Å². The van der Waals surface area contributed by atoms with Gasteiger partial charge in [-0.1, -0.05) is 11.6 Å². The molecule has 0 saturated heterocycles. The number of aromatic nitrogens is 1. The molecule has 1 heterocycles. The van der Waals surface area contributed by atoms with E-state index in [2.05, 4.69) is 37.6 Å². The van der Waals surface area contributed by atoms with Crippen LogP contribution >= 0.6 is 11.6 Å². The highest BCUT2D eigenvalue weighted by atomic mass is 35.5. The largest absolute Gasteiger partial charge is 0.330 e. The van der Waals surface area contributed by atoms with Crippen molar-refractivity contribution in [1.29, 1.82) is 0 Å². The van der Waals surface area contributed by atoms with Crippen LogP contribution < -0.4 is 4.90 Å². The summed E-state index contributed by atoms with van der Waals surface area (Å²) in [5.74, 6) is 0.598. The highest BCUT2D eigenvalue weighted by molar-refractivity contribution is 6.29. The summed E-state index contributed by atoms with van der Waals surface area (Å²) in [5.41, 5.74) is 0.987. The van der Waals surface area contributed by atoms with Crippen LogP contribution in [0.1, 0.15) is 33.3 Å². The van der Waals surface area contributed by atoms with E-state index in [1.54, 1.807) is 30.0 Å². The fraction of sp³-hybridized carbons (Fsp3) is 0.647. The Bertz CT molecular complexity index is 503. The van der Waals surface area contributed by atoms with Crippen LogP contribution in [-0.4, -0.2) is 60.1 Å². The van der Waals surface area contributed by atoms with E-state index in [-0.39, 0.29) is 6.03 Å². The van der Waals surface area contributed by atoms with E-state index in [1.807, 2.05) is 13.0 Å². The number of halogens is 1. The van der Waals surface area contributed by atoms with Gasteiger partial charge in [-0.3, -0.25) is 9.80 Å². The maximum Gasteiger partial charge on any atom is 0.325 e. The van der Waals surface area contributed by atoms with Gasteiger partial charge in [-0.15, -0.1) is 0 Å². The third kappa shape index (κ3) is 5.66. The fourth-order valence-corrected chi connectivity index (χ4v) is 2.88. The molecule has 130 valence electrons. The molecule has 23 heavy (non-hydrogen) atoms. The number of urea groups is 1. The van der Waals surface area contributed by atoms with Crippen molar-refractivity contribution in [2.45, 2.75) is 46.7 Å². The smallest absolute Gasteiger partial charge is 0.325 e. The zero-order chi connectivity index (χ0) is 17.7. The van der Waals surface area contributed by atoms with Crippen molar-refractivity contribution in [2.75, 3.05) is 32.1 Å². The molecule has 0 aliphatic rings. The Morgan fingerprint density at radius 2 is 1.70 bits per heavy atom. The van der Waals surface area contributed by atoms with Crippen molar-refractivity contribution in [1.82, 2.24) is 14.8 Å². The number of nitrogens with zero attached hydrogens (tertiary/aromatic N) is 4. The van der Waals surface area contributed by atoms with Gasteiger partial charge < -0.3 is 4.90 Å². The van der Waals surface area contributed by atoms with E-state index in [0.717, 1.165) is 12.1 Å². The predicted molar refractivity (Wildman–Crippen MR) is 97.4 cm³/mol. The second kappa shape index (κ2) is 8.50. The summed E-state index contributed by atoms with van der Waals surface area (Å²) < 4.78 is 0. The van der Waals surface area contributed by atoms with Crippen LogP contribution in [0.5, 0.6) is 0 Å². The monoisotopic (exact) mass is 340 g/mol. The molecule has 0 radical (unpaired) electrons. The summed E-state index contributed by atoms with van der Waals surface area (Å²) >= 11 is 6.07. The molecule has 0 spiro atoms. The highest BCUT2D eigenvalue weighted by Gasteiger charge is 2.22. The van der Waals surface area contributed by atoms with Crippen molar-refractivity contribution in [3.8, 4) is 0 Å². The molecule has 0 bridgehead atoms. The van der Waals surface area contributed by atoms with Crippen LogP contribution in [0, 0.1) is 6.92 Å². The minimum absolute atomic E-state index is 0.0911. The van der Waals surface area contributed by atoms with Crippen LogP contribution in [0.25, 0.3) is 0 Å². The maximum atomic E-state index is 12.6. The Kier molecular flexibility index (Phi) is 7.29. The lowest BCUT2D eigenvalue weighted by Crippen LogP contribution is -2.47. The minimum atomic E-state index is -0.0911. The Morgan fingerprint density at radius 3 is 2.13 bits per heavy atom. The first-order chi connectivity index (χ1) is 10.6. The molecule has 0 aromatic carbocycles. The molecule has 0 atom stereocenters. The Morgan fingerprint density at radius 1 is 1.13 bits per heavy atom. The number of hydrogen-bond donors (Lipinski definition) is 0. The topological polar surface area (TPSA) is 39.7 Å². The number of pyridine rings is 1. The number of aryl methyl sites for hydroxylation is 1. The van der Waals surface area contributed by atoms with Gasteiger partial charge in [0.15, 0.2) is 0 Å². The van der Waals surface area contributed by atoms with E-state index >= 15 is 0 Å². The lowest BCUT2D eigenvalue weighted by molar-refractivity contribution is 0.177. The molecule has 1 rings (SSSR count). The van der Waals surface area contributed by atoms with E-state index in [4.69, 9.17) is 11.6 Å². The lowest BCUT2D eigenvalue weighted by Gasteiger charge is -2.33. The minimum Gasteiger partial charge on any atom is -0.330 e. The van der Waals surface area contributed by atoms with Gasteiger partial charge in [-0.05, 0) is 52.3 Å². The van der Waals surface area contributed by atoms with Gasteiger partial charge in [0.05, 0.1) is 0 Å². The normalized spacial score (nSPS) is 11.4. The molecule has 0 saturated carbocycles.